The van der Waals surface area contributed by atoms with Crippen LogP contribution in [-0.4, -0.2) is 16.8 Å². The summed E-state index contributed by atoms with van der Waals surface area (Å²) in [6, 6.07) is 10.4. The zero-order chi connectivity index (χ0) is 13.6. The van der Waals surface area contributed by atoms with Gasteiger partial charge in [0.25, 0.3) is 0 Å². The highest BCUT2D eigenvalue weighted by Gasteiger charge is 2.49. The van der Waals surface area contributed by atoms with Gasteiger partial charge in [-0.2, -0.15) is 10.5 Å². The molecule has 0 saturated carbocycles. The molecule has 0 saturated heterocycles. The topological polar surface area (TPSA) is 81.7 Å². The third-order valence-corrected chi connectivity index (χ3v) is 4.61. The van der Waals surface area contributed by atoms with E-state index in [1.54, 1.807) is 24.3 Å². The molecule has 2 aliphatic rings. The monoisotopic (exact) mass is 266 g/mol. The van der Waals surface area contributed by atoms with Crippen molar-refractivity contribution in [3.05, 3.63) is 45.9 Å². The Morgan fingerprint density at radius 1 is 1.00 bits per heavy atom. The SMILES string of the molecule is N#CC1=C(C#N)C2C(=O)c3ccccc3C(=O)C2S1. The molecule has 0 radical (unpaired) electrons. The van der Waals surface area contributed by atoms with E-state index < -0.39 is 11.2 Å². The molecule has 0 amide bonds. The Bertz CT molecular complexity index is 737. The molecule has 2 atom stereocenters. The Morgan fingerprint density at radius 2 is 1.63 bits per heavy atom. The van der Waals surface area contributed by atoms with Crippen molar-refractivity contribution in [1.82, 2.24) is 0 Å². The van der Waals surface area contributed by atoms with Crippen molar-refractivity contribution in [2.45, 2.75) is 5.25 Å². The number of rotatable bonds is 0. The van der Waals surface area contributed by atoms with Crippen molar-refractivity contribution in [2.75, 3.05) is 0 Å². The van der Waals surface area contributed by atoms with Crippen molar-refractivity contribution >= 4 is 23.3 Å². The van der Waals surface area contributed by atoms with Gasteiger partial charge < -0.3 is 0 Å². The van der Waals surface area contributed by atoms with E-state index in [0.29, 0.717) is 11.1 Å². The van der Waals surface area contributed by atoms with E-state index in [-0.39, 0.29) is 22.0 Å². The molecule has 3 rings (SSSR count). The number of thioether (sulfide) groups is 1. The summed E-state index contributed by atoms with van der Waals surface area (Å²) in [5.41, 5.74) is 0.865. The van der Waals surface area contributed by atoms with Crippen LogP contribution in [0.4, 0.5) is 0 Å². The first-order valence-corrected chi connectivity index (χ1v) is 6.45. The molecule has 1 aliphatic carbocycles. The summed E-state index contributed by atoms with van der Waals surface area (Å²) in [6.07, 6.45) is 0. The van der Waals surface area contributed by atoms with Gasteiger partial charge in [-0.05, 0) is 0 Å². The first-order chi connectivity index (χ1) is 9.19. The molecule has 1 aromatic rings. The number of allylic oxidation sites excluding steroid dienone is 2. The predicted molar refractivity (Wildman–Crippen MR) is 68.2 cm³/mol. The summed E-state index contributed by atoms with van der Waals surface area (Å²) >= 11 is 1.03. The second kappa shape index (κ2) is 4.08. The molecule has 90 valence electrons. The molecule has 1 aliphatic heterocycles. The fraction of sp³-hybridized carbons (Fsp3) is 0.143. The van der Waals surface area contributed by atoms with Gasteiger partial charge in [0, 0.05) is 11.1 Å². The lowest BCUT2D eigenvalue weighted by Crippen LogP contribution is -2.37. The minimum absolute atomic E-state index is 0.130. The zero-order valence-corrected chi connectivity index (χ0v) is 10.4. The maximum Gasteiger partial charge on any atom is 0.178 e. The van der Waals surface area contributed by atoms with Crippen molar-refractivity contribution < 1.29 is 9.59 Å². The smallest absolute Gasteiger partial charge is 0.178 e. The third-order valence-electron chi connectivity index (χ3n) is 3.32. The van der Waals surface area contributed by atoms with Crippen LogP contribution in [-0.2, 0) is 0 Å². The largest absolute Gasteiger partial charge is 0.293 e. The number of fused-ring (bicyclic) bond motifs is 2. The van der Waals surface area contributed by atoms with Crippen LogP contribution in [0, 0.1) is 28.6 Å². The third kappa shape index (κ3) is 1.46. The average Bonchev–Trinajstić information content (AvgIpc) is 2.83. The molecule has 0 aromatic heterocycles. The molecular formula is C14H6N2O2S. The van der Waals surface area contributed by atoms with E-state index in [9.17, 15) is 9.59 Å². The summed E-state index contributed by atoms with van der Waals surface area (Å²) in [4.78, 5) is 24.9. The highest BCUT2D eigenvalue weighted by molar-refractivity contribution is 8.05. The second-order valence-corrected chi connectivity index (χ2v) is 5.41. The molecule has 19 heavy (non-hydrogen) atoms. The zero-order valence-electron chi connectivity index (χ0n) is 9.58. The van der Waals surface area contributed by atoms with E-state index in [4.69, 9.17) is 10.5 Å². The molecule has 1 aromatic carbocycles. The highest BCUT2D eigenvalue weighted by atomic mass is 32.2. The lowest BCUT2D eigenvalue weighted by molar-refractivity contribution is 0.0857. The normalized spacial score (nSPS) is 24.5. The first-order valence-electron chi connectivity index (χ1n) is 5.57. The van der Waals surface area contributed by atoms with Crippen LogP contribution < -0.4 is 0 Å². The van der Waals surface area contributed by atoms with Gasteiger partial charge in [0.15, 0.2) is 11.6 Å². The number of hydrogen-bond acceptors (Lipinski definition) is 5. The van der Waals surface area contributed by atoms with Crippen molar-refractivity contribution in [3.63, 3.8) is 0 Å². The molecular weight excluding hydrogens is 260 g/mol. The molecule has 0 N–H and O–H groups in total. The quantitative estimate of drug-likeness (QED) is 0.718. The predicted octanol–water partition coefficient (Wildman–Crippen LogP) is 2.10. The number of Topliss-reactive ketones (excluding diaryl/α,β-unsaturated/α-hetero) is 2. The molecule has 2 unspecified atom stereocenters. The van der Waals surface area contributed by atoms with Crippen molar-refractivity contribution in [2.24, 2.45) is 5.92 Å². The van der Waals surface area contributed by atoms with Gasteiger partial charge in [0.1, 0.15) is 11.0 Å². The van der Waals surface area contributed by atoms with Crippen LogP contribution in [0.2, 0.25) is 0 Å². The van der Waals surface area contributed by atoms with E-state index >= 15 is 0 Å². The number of ketones is 2. The average molecular weight is 266 g/mol. The fourth-order valence-electron chi connectivity index (χ4n) is 2.47. The summed E-state index contributed by atoms with van der Waals surface area (Å²) in [5, 5.41) is 17.5. The minimum atomic E-state index is -0.799. The maximum atomic E-state index is 12.4. The number of carbonyl (C=O) groups excluding carboxylic acids is 2. The Kier molecular flexibility index (Phi) is 2.51. The van der Waals surface area contributed by atoms with Crippen molar-refractivity contribution in [1.29, 1.82) is 10.5 Å². The molecule has 5 heteroatoms. The summed E-state index contributed by atoms with van der Waals surface area (Å²) in [6.45, 7) is 0. The first kappa shape index (κ1) is 11.7. The highest BCUT2D eigenvalue weighted by Crippen LogP contribution is 2.47. The summed E-state index contributed by atoms with van der Waals surface area (Å²) < 4.78 is 0. The van der Waals surface area contributed by atoms with Gasteiger partial charge in [-0.3, -0.25) is 9.59 Å². The van der Waals surface area contributed by atoms with Gasteiger partial charge in [0.2, 0.25) is 0 Å². The van der Waals surface area contributed by atoms with Crippen LogP contribution in [0.5, 0.6) is 0 Å². The summed E-state index contributed by atoms with van der Waals surface area (Å²) in [7, 11) is 0. The minimum Gasteiger partial charge on any atom is -0.293 e. The molecule has 0 bridgehead atoms. The number of carbonyl (C=O) groups is 2. The number of hydrogen-bond donors (Lipinski definition) is 0. The lowest BCUT2D eigenvalue weighted by atomic mass is 9.78. The summed E-state index contributed by atoms with van der Waals surface area (Å²) in [5.74, 6) is -1.22. The molecule has 1 heterocycles. The van der Waals surface area contributed by atoms with Crippen LogP contribution in [0.15, 0.2) is 34.7 Å². The number of nitriles is 2. The standard InChI is InChI=1S/C14H6N2O2S/c15-5-9-10(6-16)19-14-11(9)12(17)7-3-1-2-4-8(7)13(14)18/h1-4,11,14H. The Morgan fingerprint density at radius 3 is 2.21 bits per heavy atom. The van der Waals surface area contributed by atoms with E-state index in [1.165, 1.54) is 0 Å². The lowest BCUT2D eigenvalue weighted by Gasteiger charge is -2.24. The Hall–Kier alpha value is -2.37. The van der Waals surface area contributed by atoms with Gasteiger partial charge in [-0.25, -0.2) is 0 Å². The Balaban J connectivity index is 2.21. The van der Waals surface area contributed by atoms with Crippen LogP contribution in [0.1, 0.15) is 20.7 Å². The van der Waals surface area contributed by atoms with Crippen LogP contribution >= 0.6 is 11.8 Å². The maximum absolute atomic E-state index is 12.4. The Labute approximate surface area is 113 Å². The van der Waals surface area contributed by atoms with Gasteiger partial charge >= 0.3 is 0 Å². The number of benzene rings is 1. The van der Waals surface area contributed by atoms with E-state index in [2.05, 4.69) is 0 Å². The molecule has 0 spiro atoms. The second-order valence-electron chi connectivity index (χ2n) is 4.26. The molecule has 4 nitrogen and oxygen atoms in total. The number of nitrogens with zero attached hydrogens (tertiary/aromatic N) is 2. The van der Waals surface area contributed by atoms with Gasteiger partial charge in [-0.1, -0.05) is 24.3 Å². The molecule has 0 fully saturated rings. The van der Waals surface area contributed by atoms with Crippen molar-refractivity contribution in [3.8, 4) is 12.1 Å². The van der Waals surface area contributed by atoms with Crippen LogP contribution in [0.25, 0.3) is 0 Å². The van der Waals surface area contributed by atoms with Crippen LogP contribution in [0.3, 0.4) is 0 Å². The van der Waals surface area contributed by atoms with E-state index in [0.717, 1.165) is 11.8 Å². The van der Waals surface area contributed by atoms with E-state index in [1.807, 2.05) is 12.1 Å². The van der Waals surface area contributed by atoms with Gasteiger partial charge in [-0.15, -0.1) is 11.8 Å². The van der Waals surface area contributed by atoms with Gasteiger partial charge in [0.05, 0.1) is 22.8 Å². The fourth-order valence-corrected chi connectivity index (χ4v) is 3.70.